The van der Waals surface area contributed by atoms with Gasteiger partial charge in [0.05, 0.1) is 0 Å². The van der Waals surface area contributed by atoms with Crippen molar-refractivity contribution >= 4 is 10.0 Å². The van der Waals surface area contributed by atoms with Crippen LogP contribution in [0.25, 0.3) is 0 Å². The van der Waals surface area contributed by atoms with Gasteiger partial charge in [-0.1, -0.05) is 13.8 Å². The van der Waals surface area contributed by atoms with Gasteiger partial charge in [0.15, 0.2) is 0 Å². The van der Waals surface area contributed by atoms with Crippen molar-refractivity contribution < 1.29 is 21.6 Å². The molecule has 0 rings (SSSR count). The van der Waals surface area contributed by atoms with Gasteiger partial charge in [-0.3, -0.25) is 0 Å². The third-order valence-electron chi connectivity index (χ3n) is 1.67. The Morgan fingerprint density at radius 2 is 1.79 bits per heavy atom. The van der Waals surface area contributed by atoms with Crippen molar-refractivity contribution in [3.8, 4) is 0 Å². The number of rotatable bonds is 4. The molecule has 0 aliphatic carbocycles. The number of sulfonamides is 1. The highest BCUT2D eigenvalue weighted by Gasteiger charge is 2.45. The molecule has 0 bridgehead atoms. The molecule has 0 aromatic carbocycles. The molecule has 1 atom stereocenters. The average Bonchev–Trinajstić information content (AvgIpc) is 1.97. The number of hydrogen-bond donors (Lipinski definition) is 2. The Balaban J connectivity index is 4.29. The van der Waals surface area contributed by atoms with E-state index in [0.717, 1.165) is 0 Å². The molecule has 0 saturated heterocycles. The minimum atomic E-state index is -5.27. The van der Waals surface area contributed by atoms with Crippen LogP contribution in [0.2, 0.25) is 0 Å². The van der Waals surface area contributed by atoms with E-state index in [-0.39, 0.29) is 5.92 Å². The third-order valence-corrected chi connectivity index (χ3v) is 2.83. The Bertz CT molecular complexity index is 273. The highest BCUT2D eigenvalue weighted by Crippen LogP contribution is 2.21. The molecule has 0 radical (unpaired) electrons. The molecule has 0 fully saturated rings. The zero-order valence-electron chi connectivity index (χ0n) is 7.80. The van der Waals surface area contributed by atoms with Gasteiger partial charge in [-0.25, -0.2) is 13.1 Å². The van der Waals surface area contributed by atoms with Crippen molar-refractivity contribution in [3.63, 3.8) is 0 Å². The molecule has 0 heterocycles. The van der Waals surface area contributed by atoms with Crippen LogP contribution in [0.1, 0.15) is 13.8 Å². The fourth-order valence-electron chi connectivity index (χ4n) is 0.523. The highest BCUT2D eigenvalue weighted by atomic mass is 32.2. The minimum Gasteiger partial charge on any atom is -0.326 e. The van der Waals surface area contributed by atoms with E-state index >= 15 is 0 Å². The lowest BCUT2D eigenvalue weighted by Crippen LogP contribution is -2.44. The van der Waals surface area contributed by atoms with Gasteiger partial charge in [-0.2, -0.15) is 13.2 Å². The van der Waals surface area contributed by atoms with Gasteiger partial charge < -0.3 is 5.73 Å². The zero-order valence-corrected chi connectivity index (χ0v) is 8.61. The number of alkyl halides is 3. The predicted molar refractivity (Wildman–Crippen MR) is 45.8 cm³/mol. The first-order valence-electron chi connectivity index (χ1n) is 3.89. The summed E-state index contributed by atoms with van der Waals surface area (Å²) in [6.07, 6.45) is 0. The molecular weight excluding hydrogens is 221 g/mol. The summed E-state index contributed by atoms with van der Waals surface area (Å²) in [5.41, 5.74) is 0.0985. The summed E-state index contributed by atoms with van der Waals surface area (Å²) >= 11 is 0. The van der Waals surface area contributed by atoms with Crippen molar-refractivity contribution in [2.24, 2.45) is 11.7 Å². The summed E-state index contributed by atoms with van der Waals surface area (Å²) in [7, 11) is -5.26. The molecule has 0 aliphatic rings. The van der Waals surface area contributed by atoms with E-state index in [9.17, 15) is 21.6 Å². The summed E-state index contributed by atoms with van der Waals surface area (Å²) in [4.78, 5) is 0. The summed E-state index contributed by atoms with van der Waals surface area (Å²) < 4.78 is 57.8. The van der Waals surface area contributed by atoms with Crippen LogP contribution in [0, 0.1) is 5.92 Å². The van der Waals surface area contributed by atoms with Crippen LogP contribution in [0.15, 0.2) is 0 Å². The van der Waals surface area contributed by atoms with Gasteiger partial charge in [-0.05, 0) is 5.92 Å². The molecule has 0 aromatic heterocycles. The SMILES string of the molecule is CC(C)C(N)CNS(=O)(=O)C(F)(F)F. The van der Waals surface area contributed by atoms with Crippen LogP contribution in [-0.2, 0) is 10.0 Å². The topological polar surface area (TPSA) is 72.2 Å². The molecule has 0 aromatic rings. The lowest BCUT2D eigenvalue weighted by Gasteiger charge is -2.16. The molecule has 86 valence electrons. The Morgan fingerprint density at radius 1 is 1.36 bits per heavy atom. The van der Waals surface area contributed by atoms with Crippen molar-refractivity contribution in [1.29, 1.82) is 0 Å². The number of halogens is 3. The molecule has 0 spiro atoms. The Labute approximate surface area is 80.7 Å². The lowest BCUT2D eigenvalue weighted by molar-refractivity contribution is -0.0448. The smallest absolute Gasteiger partial charge is 0.326 e. The molecule has 3 N–H and O–H groups in total. The maximum atomic E-state index is 11.8. The van der Waals surface area contributed by atoms with Crippen LogP contribution < -0.4 is 10.5 Å². The second-order valence-electron chi connectivity index (χ2n) is 3.21. The predicted octanol–water partition coefficient (Wildman–Crippen LogP) is 0.409. The monoisotopic (exact) mass is 234 g/mol. The first kappa shape index (κ1) is 13.7. The number of hydrogen-bond acceptors (Lipinski definition) is 3. The van der Waals surface area contributed by atoms with Gasteiger partial charge >= 0.3 is 15.5 Å². The number of nitrogens with one attached hydrogen (secondary N) is 1. The summed E-state index contributed by atoms with van der Waals surface area (Å²) in [6, 6.07) is -0.632. The summed E-state index contributed by atoms with van der Waals surface area (Å²) in [5.74, 6) is -0.0917. The minimum absolute atomic E-state index is 0.0917. The molecule has 0 saturated carbocycles. The molecule has 14 heavy (non-hydrogen) atoms. The van der Waals surface area contributed by atoms with E-state index in [1.54, 1.807) is 13.8 Å². The fraction of sp³-hybridized carbons (Fsp3) is 1.00. The van der Waals surface area contributed by atoms with Gasteiger partial charge in [0, 0.05) is 12.6 Å². The van der Waals surface area contributed by atoms with E-state index in [2.05, 4.69) is 0 Å². The van der Waals surface area contributed by atoms with E-state index in [4.69, 9.17) is 5.73 Å². The van der Waals surface area contributed by atoms with Crippen LogP contribution in [0.5, 0.6) is 0 Å². The van der Waals surface area contributed by atoms with E-state index < -0.39 is 28.1 Å². The third kappa shape index (κ3) is 3.81. The van der Waals surface area contributed by atoms with Gasteiger partial charge in [0.25, 0.3) is 0 Å². The van der Waals surface area contributed by atoms with Crippen LogP contribution in [0.4, 0.5) is 13.2 Å². The van der Waals surface area contributed by atoms with E-state index in [1.165, 1.54) is 4.72 Å². The van der Waals surface area contributed by atoms with Crippen molar-refractivity contribution in [2.75, 3.05) is 6.54 Å². The molecular formula is C6H13F3N2O2S. The average molecular weight is 234 g/mol. The maximum absolute atomic E-state index is 11.8. The Morgan fingerprint density at radius 3 is 2.07 bits per heavy atom. The first-order chi connectivity index (χ1) is 6.08. The van der Waals surface area contributed by atoms with Crippen LogP contribution in [-0.4, -0.2) is 26.5 Å². The standard InChI is InChI=1S/C6H13F3N2O2S/c1-4(2)5(10)3-11-14(12,13)6(7,8)9/h4-5,11H,3,10H2,1-2H3. The molecule has 0 amide bonds. The van der Waals surface area contributed by atoms with Crippen LogP contribution in [0.3, 0.4) is 0 Å². The second-order valence-corrected chi connectivity index (χ2v) is 4.96. The number of nitrogens with two attached hydrogens (primary N) is 1. The van der Waals surface area contributed by atoms with E-state index in [1.807, 2.05) is 0 Å². The molecule has 8 heteroatoms. The maximum Gasteiger partial charge on any atom is 0.511 e. The van der Waals surface area contributed by atoms with Gasteiger partial charge in [-0.15, -0.1) is 0 Å². The van der Waals surface area contributed by atoms with Crippen molar-refractivity contribution in [2.45, 2.75) is 25.4 Å². The van der Waals surface area contributed by atoms with Crippen molar-refractivity contribution in [1.82, 2.24) is 4.72 Å². The van der Waals surface area contributed by atoms with Gasteiger partial charge in [0.1, 0.15) is 0 Å². The van der Waals surface area contributed by atoms with E-state index in [0.29, 0.717) is 0 Å². The van der Waals surface area contributed by atoms with Crippen molar-refractivity contribution in [3.05, 3.63) is 0 Å². The molecule has 1 unspecified atom stereocenters. The molecule has 0 aliphatic heterocycles. The zero-order chi connectivity index (χ0) is 11.6. The first-order valence-corrected chi connectivity index (χ1v) is 5.37. The Hall–Kier alpha value is -0.340. The highest BCUT2D eigenvalue weighted by molar-refractivity contribution is 7.90. The van der Waals surface area contributed by atoms with Gasteiger partial charge in [0.2, 0.25) is 0 Å². The summed E-state index contributed by atoms with van der Waals surface area (Å²) in [5, 5.41) is 0. The lowest BCUT2D eigenvalue weighted by atomic mass is 10.1. The Kier molecular flexibility index (Phi) is 4.34. The summed E-state index contributed by atoms with van der Waals surface area (Å²) in [6.45, 7) is 2.96. The molecule has 4 nitrogen and oxygen atoms in total. The fourth-order valence-corrected chi connectivity index (χ4v) is 1.10. The van der Waals surface area contributed by atoms with Crippen LogP contribution >= 0.6 is 0 Å². The quantitative estimate of drug-likeness (QED) is 0.740. The largest absolute Gasteiger partial charge is 0.511 e. The second kappa shape index (κ2) is 4.45. The normalized spacial score (nSPS) is 15.9.